The van der Waals surface area contributed by atoms with E-state index in [1.807, 2.05) is 48.2 Å². The largest absolute Gasteiger partial charge is 0.497 e. The number of nitrogens with one attached hydrogen (secondary N) is 1. The number of anilines is 1. The van der Waals surface area contributed by atoms with Crippen molar-refractivity contribution in [2.75, 3.05) is 39.9 Å². The molecule has 2 heterocycles. The number of ketones is 1. The molecular formula is C23H26N4O4. The molecule has 2 atom stereocenters. The molecule has 0 aliphatic carbocycles. The highest BCUT2D eigenvalue weighted by Crippen LogP contribution is 2.42. The number of ether oxygens (including phenoxy) is 3. The van der Waals surface area contributed by atoms with Crippen LogP contribution in [0.2, 0.25) is 0 Å². The Morgan fingerprint density at radius 1 is 1.13 bits per heavy atom. The number of methoxy groups -OCH3 is 3. The van der Waals surface area contributed by atoms with E-state index in [4.69, 9.17) is 19.2 Å². The van der Waals surface area contributed by atoms with Gasteiger partial charge in [0.15, 0.2) is 5.78 Å². The van der Waals surface area contributed by atoms with E-state index in [2.05, 4.69) is 9.98 Å². The normalized spacial score (nSPS) is 22.5. The fraction of sp³-hybridized carbons (Fsp3) is 0.348. The van der Waals surface area contributed by atoms with Crippen LogP contribution in [0.25, 0.3) is 11.0 Å². The zero-order valence-corrected chi connectivity index (χ0v) is 18.3. The van der Waals surface area contributed by atoms with E-state index in [1.165, 1.54) is 0 Å². The van der Waals surface area contributed by atoms with Gasteiger partial charge in [-0.15, -0.1) is 0 Å². The lowest BCUT2D eigenvalue weighted by atomic mass is 9.92. The Balaban J connectivity index is 1.90. The van der Waals surface area contributed by atoms with Crippen molar-refractivity contribution in [2.45, 2.75) is 18.4 Å². The van der Waals surface area contributed by atoms with Gasteiger partial charge in [0.05, 0.1) is 37.5 Å². The number of amidine groups is 1. The van der Waals surface area contributed by atoms with Gasteiger partial charge in [-0.05, 0) is 19.1 Å². The number of imidazole rings is 1. The lowest BCUT2D eigenvalue weighted by Crippen LogP contribution is -2.51. The number of H-pyrrole nitrogens is 1. The highest BCUT2D eigenvalue weighted by molar-refractivity contribution is 6.27. The average molecular weight is 422 g/mol. The highest BCUT2D eigenvalue weighted by atomic mass is 16.5. The molecule has 31 heavy (non-hydrogen) atoms. The molecule has 1 fully saturated rings. The Bertz CT molecular complexity index is 1100. The SMILES string of the molecule is CN=C1C(c2nc3ccccc3[nH]2)C(=O)C(C)(COC)N1c1cc(OC)cc(OC)c1. The summed E-state index contributed by atoms with van der Waals surface area (Å²) in [5.74, 6) is 1.67. The molecule has 3 aromatic rings. The molecule has 8 nitrogen and oxygen atoms in total. The Kier molecular flexibility index (Phi) is 5.41. The smallest absolute Gasteiger partial charge is 0.179 e. The molecule has 1 saturated heterocycles. The molecule has 8 heteroatoms. The Hall–Kier alpha value is -3.39. The maximum Gasteiger partial charge on any atom is 0.179 e. The molecule has 2 unspecified atom stereocenters. The maximum absolute atomic E-state index is 13.8. The molecule has 0 bridgehead atoms. The zero-order chi connectivity index (χ0) is 22.2. The Morgan fingerprint density at radius 2 is 1.81 bits per heavy atom. The fourth-order valence-electron chi connectivity index (χ4n) is 4.26. The van der Waals surface area contributed by atoms with Crippen LogP contribution in [0, 0.1) is 0 Å². The van der Waals surface area contributed by atoms with Gasteiger partial charge in [0, 0.05) is 32.4 Å². The standard InChI is InChI=1S/C23H26N4O4/c1-23(13-29-3)20(28)19(21-25-17-8-6-7-9-18(17)26-21)22(24-2)27(23)14-10-15(30-4)12-16(11-14)31-5/h6-12,19H,13H2,1-5H3,(H,25,26). The minimum Gasteiger partial charge on any atom is -0.497 e. The summed E-state index contributed by atoms with van der Waals surface area (Å²) in [4.78, 5) is 28.3. The minimum absolute atomic E-state index is 0.0456. The molecule has 0 saturated carbocycles. The molecule has 1 aromatic heterocycles. The highest BCUT2D eigenvalue weighted by Gasteiger charge is 2.56. The molecule has 1 aliphatic heterocycles. The molecule has 0 radical (unpaired) electrons. The van der Waals surface area contributed by atoms with Crippen LogP contribution in [0.3, 0.4) is 0 Å². The van der Waals surface area contributed by atoms with Gasteiger partial charge in [-0.1, -0.05) is 12.1 Å². The van der Waals surface area contributed by atoms with Gasteiger partial charge < -0.3 is 24.1 Å². The van der Waals surface area contributed by atoms with Gasteiger partial charge in [-0.3, -0.25) is 9.79 Å². The number of aliphatic imine (C=N–C) groups is 1. The van der Waals surface area contributed by atoms with Crippen molar-refractivity contribution in [3.05, 3.63) is 48.3 Å². The van der Waals surface area contributed by atoms with Gasteiger partial charge >= 0.3 is 0 Å². The first-order valence-electron chi connectivity index (χ1n) is 9.94. The summed E-state index contributed by atoms with van der Waals surface area (Å²) >= 11 is 0. The van der Waals surface area contributed by atoms with E-state index in [1.54, 1.807) is 34.4 Å². The minimum atomic E-state index is -0.995. The number of benzene rings is 2. The third-order valence-electron chi connectivity index (χ3n) is 5.70. The second-order valence-corrected chi connectivity index (χ2v) is 7.63. The average Bonchev–Trinajstić information content (AvgIpc) is 3.30. The number of carbonyl (C=O) groups is 1. The second kappa shape index (κ2) is 8.03. The second-order valence-electron chi connectivity index (χ2n) is 7.63. The first-order valence-corrected chi connectivity index (χ1v) is 9.94. The number of aromatic amines is 1. The molecule has 162 valence electrons. The van der Waals surface area contributed by atoms with Gasteiger partial charge in [0.25, 0.3) is 0 Å². The monoisotopic (exact) mass is 422 g/mol. The Morgan fingerprint density at radius 3 is 2.39 bits per heavy atom. The van der Waals surface area contributed by atoms with Gasteiger partial charge in [0.2, 0.25) is 0 Å². The van der Waals surface area contributed by atoms with Crippen LogP contribution in [-0.2, 0) is 9.53 Å². The van der Waals surface area contributed by atoms with Crippen LogP contribution < -0.4 is 14.4 Å². The summed E-state index contributed by atoms with van der Waals surface area (Å²) in [5, 5.41) is 0. The van der Waals surface area contributed by atoms with Crippen molar-refractivity contribution in [1.29, 1.82) is 0 Å². The third-order valence-corrected chi connectivity index (χ3v) is 5.70. The fourth-order valence-corrected chi connectivity index (χ4v) is 4.26. The predicted molar refractivity (Wildman–Crippen MR) is 120 cm³/mol. The van der Waals surface area contributed by atoms with Crippen LogP contribution in [0.5, 0.6) is 11.5 Å². The first kappa shape index (κ1) is 20.9. The van der Waals surface area contributed by atoms with Crippen molar-refractivity contribution < 1.29 is 19.0 Å². The Labute approximate surface area is 180 Å². The summed E-state index contributed by atoms with van der Waals surface area (Å²) in [6, 6.07) is 13.2. The molecular weight excluding hydrogens is 396 g/mol. The van der Waals surface area contributed by atoms with Crippen molar-refractivity contribution in [3.8, 4) is 11.5 Å². The van der Waals surface area contributed by atoms with Crippen molar-refractivity contribution in [2.24, 2.45) is 4.99 Å². The summed E-state index contributed by atoms with van der Waals surface area (Å²) in [6.45, 7) is 2.04. The molecule has 1 N–H and O–H groups in total. The predicted octanol–water partition coefficient (Wildman–Crippen LogP) is 3.19. The number of carbonyl (C=O) groups excluding carboxylic acids is 1. The van der Waals surface area contributed by atoms with Crippen molar-refractivity contribution >= 4 is 28.3 Å². The number of hydrogen-bond acceptors (Lipinski definition) is 6. The topological polar surface area (TPSA) is 89.0 Å². The molecule has 0 spiro atoms. The van der Waals surface area contributed by atoms with E-state index in [0.29, 0.717) is 23.2 Å². The molecule has 4 rings (SSSR count). The number of para-hydroxylation sites is 2. The summed E-state index contributed by atoms with van der Waals surface area (Å²) in [5.41, 5.74) is 1.40. The van der Waals surface area contributed by atoms with Gasteiger partial charge in [-0.2, -0.15) is 0 Å². The summed E-state index contributed by atoms with van der Waals surface area (Å²) in [7, 11) is 6.45. The number of hydrogen-bond donors (Lipinski definition) is 1. The molecule has 2 aromatic carbocycles. The van der Waals surface area contributed by atoms with Crippen molar-refractivity contribution in [1.82, 2.24) is 9.97 Å². The number of rotatable bonds is 6. The summed E-state index contributed by atoms with van der Waals surface area (Å²) in [6.07, 6.45) is 0. The number of aromatic nitrogens is 2. The number of Topliss-reactive ketones (excluding diaryl/α,β-unsaturated/α-hetero) is 1. The summed E-state index contributed by atoms with van der Waals surface area (Å²) < 4.78 is 16.4. The molecule has 0 amide bonds. The van der Waals surface area contributed by atoms with Gasteiger partial charge in [-0.25, -0.2) is 4.98 Å². The lowest BCUT2D eigenvalue weighted by Gasteiger charge is -2.34. The molecule has 1 aliphatic rings. The third kappa shape index (κ3) is 3.33. The van der Waals surface area contributed by atoms with Crippen molar-refractivity contribution in [3.63, 3.8) is 0 Å². The van der Waals surface area contributed by atoms with Gasteiger partial charge in [0.1, 0.15) is 34.6 Å². The maximum atomic E-state index is 13.8. The lowest BCUT2D eigenvalue weighted by molar-refractivity contribution is -0.123. The van der Waals surface area contributed by atoms with E-state index in [9.17, 15) is 4.79 Å². The quantitative estimate of drug-likeness (QED) is 0.656. The zero-order valence-electron chi connectivity index (χ0n) is 18.3. The van der Waals surface area contributed by atoms with E-state index < -0.39 is 11.5 Å². The van der Waals surface area contributed by atoms with E-state index in [-0.39, 0.29) is 12.4 Å². The number of nitrogens with zero attached hydrogens (tertiary/aromatic N) is 3. The van der Waals surface area contributed by atoms with Crippen LogP contribution in [0.4, 0.5) is 5.69 Å². The van der Waals surface area contributed by atoms with Crippen LogP contribution in [0.1, 0.15) is 18.7 Å². The van der Waals surface area contributed by atoms with E-state index >= 15 is 0 Å². The van der Waals surface area contributed by atoms with Crippen LogP contribution in [0.15, 0.2) is 47.5 Å². The number of fused-ring (bicyclic) bond motifs is 1. The van der Waals surface area contributed by atoms with Crippen LogP contribution >= 0.6 is 0 Å². The van der Waals surface area contributed by atoms with Crippen LogP contribution in [-0.4, -0.2) is 62.1 Å². The first-order chi connectivity index (χ1) is 15.0. The van der Waals surface area contributed by atoms with E-state index in [0.717, 1.165) is 16.7 Å².